The number of ether oxygens (including phenoxy) is 4. The molecule has 0 saturated heterocycles. The summed E-state index contributed by atoms with van der Waals surface area (Å²) >= 11 is 0. The second-order valence-corrected chi connectivity index (χ2v) is 5.69. The van der Waals surface area contributed by atoms with Crippen molar-refractivity contribution < 1.29 is 33.6 Å². The molecule has 0 atom stereocenters. The Bertz CT molecular complexity index is 337. The van der Waals surface area contributed by atoms with E-state index >= 15 is 0 Å². The van der Waals surface area contributed by atoms with Gasteiger partial charge in [-0.1, -0.05) is 13.8 Å². The van der Waals surface area contributed by atoms with Crippen molar-refractivity contribution >= 4 is 11.7 Å². The first-order chi connectivity index (χ1) is 12.1. The Hall–Kier alpha value is -1.06. The Kier molecular flexibility index (Phi) is 17.0. The Morgan fingerprint density at radius 3 is 1.92 bits per heavy atom. The minimum absolute atomic E-state index is 0.000862. The minimum atomic E-state index is -0.0800. The third-order valence-corrected chi connectivity index (χ3v) is 3.13. The third kappa shape index (κ3) is 17.6. The molecule has 0 rings (SSSR count). The van der Waals surface area contributed by atoms with Crippen molar-refractivity contribution in [2.24, 2.45) is 5.92 Å². The van der Waals surface area contributed by atoms with E-state index in [-0.39, 0.29) is 30.8 Å². The Morgan fingerprint density at radius 1 is 0.880 bits per heavy atom. The predicted molar refractivity (Wildman–Crippen MR) is 92.5 cm³/mol. The summed E-state index contributed by atoms with van der Waals surface area (Å²) in [6.45, 7) is 7.39. The molecule has 0 fully saturated rings. The van der Waals surface area contributed by atoms with E-state index in [1.807, 2.05) is 13.8 Å². The van der Waals surface area contributed by atoms with Gasteiger partial charge in [-0.15, -0.1) is 0 Å². The number of ketones is 1. The van der Waals surface area contributed by atoms with Crippen LogP contribution in [-0.4, -0.2) is 82.8 Å². The van der Waals surface area contributed by atoms with Crippen LogP contribution in [-0.2, 0) is 28.5 Å². The average Bonchev–Trinajstić information content (AvgIpc) is 2.59. The maximum atomic E-state index is 11.3. The molecule has 0 aliphatic heterocycles. The first-order valence-electron chi connectivity index (χ1n) is 8.79. The number of carbonyl (C=O) groups excluding carboxylic acids is 2. The zero-order valence-corrected chi connectivity index (χ0v) is 15.5. The fourth-order valence-corrected chi connectivity index (χ4v) is 1.59. The second-order valence-electron chi connectivity index (χ2n) is 5.69. The van der Waals surface area contributed by atoms with Gasteiger partial charge in [0.2, 0.25) is 5.91 Å². The standard InChI is InChI=1S/C17H33NO7/c1-15(2)16(20)14-25-13-12-24-11-10-23-9-8-22-7-5-18-17(21)4-3-6-19/h15,19H,3-14H2,1-2H3,(H,18,21). The van der Waals surface area contributed by atoms with Gasteiger partial charge in [0.1, 0.15) is 6.61 Å². The van der Waals surface area contributed by atoms with Crippen LogP contribution >= 0.6 is 0 Å². The van der Waals surface area contributed by atoms with Gasteiger partial charge in [-0.3, -0.25) is 9.59 Å². The quantitative estimate of drug-likeness (QED) is 0.335. The van der Waals surface area contributed by atoms with Gasteiger partial charge in [-0.2, -0.15) is 0 Å². The molecule has 2 N–H and O–H groups in total. The van der Waals surface area contributed by atoms with Gasteiger partial charge in [0.05, 0.1) is 46.2 Å². The summed E-state index contributed by atoms with van der Waals surface area (Å²) in [5.41, 5.74) is 0. The van der Waals surface area contributed by atoms with Crippen LogP contribution in [0.2, 0.25) is 0 Å². The summed E-state index contributed by atoms with van der Waals surface area (Å²) in [4.78, 5) is 22.5. The van der Waals surface area contributed by atoms with E-state index in [1.54, 1.807) is 0 Å². The molecule has 0 aliphatic rings. The molecule has 0 heterocycles. The molecule has 0 radical (unpaired) electrons. The predicted octanol–water partition coefficient (Wildman–Crippen LogP) is 0.167. The Labute approximate surface area is 150 Å². The summed E-state index contributed by atoms with van der Waals surface area (Å²) < 4.78 is 21.2. The van der Waals surface area contributed by atoms with E-state index in [4.69, 9.17) is 24.1 Å². The van der Waals surface area contributed by atoms with Crippen LogP contribution in [0.4, 0.5) is 0 Å². The molecule has 148 valence electrons. The van der Waals surface area contributed by atoms with Crippen molar-refractivity contribution in [2.45, 2.75) is 26.7 Å². The molecule has 0 saturated carbocycles. The lowest BCUT2D eigenvalue weighted by Gasteiger charge is -2.08. The number of hydrogen-bond donors (Lipinski definition) is 2. The summed E-state index contributed by atoms with van der Waals surface area (Å²) in [5.74, 6) is 0.00993. The second kappa shape index (κ2) is 17.8. The SMILES string of the molecule is CC(C)C(=O)COCCOCCOCCOCCNC(=O)CCCO. The molecule has 0 bridgehead atoms. The highest BCUT2D eigenvalue weighted by molar-refractivity contribution is 5.81. The van der Waals surface area contributed by atoms with Crippen LogP contribution in [0.5, 0.6) is 0 Å². The van der Waals surface area contributed by atoms with E-state index in [0.717, 1.165) is 0 Å². The number of hydrogen-bond acceptors (Lipinski definition) is 7. The van der Waals surface area contributed by atoms with Crippen molar-refractivity contribution in [2.75, 3.05) is 66.0 Å². The van der Waals surface area contributed by atoms with Crippen molar-refractivity contribution in [3.05, 3.63) is 0 Å². The highest BCUT2D eigenvalue weighted by Crippen LogP contribution is 1.94. The molecule has 0 unspecified atom stereocenters. The fraction of sp³-hybridized carbons (Fsp3) is 0.882. The van der Waals surface area contributed by atoms with Gasteiger partial charge >= 0.3 is 0 Å². The molecule has 8 heteroatoms. The molecular formula is C17H33NO7. The lowest BCUT2D eigenvalue weighted by atomic mass is 10.1. The lowest BCUT2D eigenvalue weighted by Crippen LogP contribution is -2.27. The lowest BCUT2D eigenvalue weighted by molar-refractivity contribution is -0.127. The molecular weight excluding hydrogens is 330 g/mol. The number of amides is 1. The van der Waals surface area contributed by atoms with Crippen LogP contribution in [0.25, 0.3) is 0 Å². The van der Waals surface area contributed by atoms with Gasteiger partial charge in [-0.05, 0) is 6.42 Å². The molecule has 8 nitrogen and oxygen atoms in total. The van der Waals surface area contributed by atoms with Gasteiger partial charge in [0.15, 0.2) is 5.78 Å². The Balaban J connectivity index is 3.14. The number of rotatable bonds is 18. The molecule has 0 aromatic carbocycles. The molecule has 0 aliphatic carbocycles. The zero-order chi connectivity index (χ0) is 18.8. The van der Waals surface area contributed by atoms with Gasteiger partial charge in [-0.25, -0.2) is 0 Å². The maximum Gasteiger partial charge on any atom is 0.220 e. The van der Waals surface area contributed by atoms with Crippen LogP contribution in [0.1, 0.15) is 26.7 Å². The van der Waals surface area contributed by atoms with Gasteiger partial charge in [0.25, 0.3) is 0 Å². The minimum Gasteiger partial charge on any atom is -0.396 e. The number of aliphatic hydroxyl groups excluding tert-OH is 1. The van der Waals surface area contributed by atoms with E-state index in [1.165, 1.54) is 0 Å². The van der Waals surface area contributed by atoms with Gasteiger partial charge in [0, 0.05) is 25.5 Å². The first-order valence-corrected chi connectivity index (χ1v) is 8.79. The largest absolute Gasteiger partial charge is 0.396 e. The molecule has 25 heavy (non-hydrogen) atoms. The fourth-order valence-electron chi connectivity index (χ4n) is 1.59. The van der Waals surface area contributed by atoms with Crippen LogP contribution in [0, 0.1) is 5.92 Å². The number of aliphatic hydroxyl groups is 1. The van der Waals surface area contributed by atoms with E-state index in [9.17, 15) is 9.59 Å². The normalized spacial score (nSPS) is 11.0. The molecule has 0 aromatic heterocycles. The van der Waals surface area contributed by atoms with Crippen molar-refractivity contribution in [3.8, 4) is 0 Å². The highest BCUT2D eigenvalue weighted by Gasteiger charge is 2.06. The smallest absolute Gasteiger partial charge is 0.220 e. The third-order valence-electron chi connectivity index (χ3n) is 3.13. The van der Waals surface area contributed by atoms with Crippen molar-refractivity contribution in [1.82, 2.24) is 5.32 Å². The molecule has 1 amide bonds. The molecule has 0 spiro atoms. The summed E-state index contributed by atoms with van der Waals surface area (Å²) in [7, 11) is 0. The monoisotopic (exact) mass is 363 g/mol. The first kappa shape index (κ1) is 23.9. The van der Waals surface area contributed by atoms with E-state index in [2.05, 4.69) is 5.32 Å². The zero-order valence-electron chi connectivity index (χ0n) is 15.5. The summed E-state index contributed by atoms with van der Waals surface area (Å²) in [6, 6.07) is 0. The van der Waals surface area contributed by atoms with Crippen molar-refractivity contribution in [1.29, 1.82) is 0 Å². The highest BCUT2D eigenvalue weighted by atomic mass is 16.6. The topological polar surface area (TPSA) is 103 Å². The van der Waals surface area contributed by atoms with Crippen LogP contribution in [0.15, 0.2) is 0 Å². The van der Waals surface area contributed by atoms with Crippen molar-refractivity contribution in [3.63, 3.8) is 0 Å². The average molecular weight is 363 g/mol. The van der Waals surface area contributed by atoms with E-state index < -0.39 is 0 Å². The molecule has 0 aromatic rings. The number of carbonyl (C=O) groups is 2. The van der Waals surface area contributed by atoms with Crippen LogP contribution < -0.4 is 5.32 Å². The number of Topliss-reactive ketones (excluding diaryl/α,β-unsaturated/α-hetero) is 1. The summed E-state index contributed by atoms with van der Waals surface area (Å²) in [6.07, 6.45) is 0.809. The van der Waals surface area contributed by atoms with Gasteiger partial charge < -0.3 is 29.4 Å². The number of nitrogens with one attached hydrogen (secondary N) is 1. The van der Waals surface area contributed by atoms with E-state index in [0.29, 0.717) is 65.6 Å². The maximum absolute atomic E-state index is 11.3. The van der Waals surface area contributed by atoms with Crippen LogP contribution in [0.3, 0.4) is 0 Å². The Morgan fingerprint density at radius 2 is 1.40 bits per heavy atom. The summed E-state index contributed by atoms with van der Waals surface area (Å²) in [5, 5.41) is 11.3.